The molecule has 0 aliphatic carbocycles. The minimum absolute atomic E-state index is 0.0931. The van der Waals surface area contributed by atoms with E-state index in [1.54, 1.807) is 35.2 Å². The Hall–Kier alpha value is -2.91. The van der Waals surface area contributed by atoms with Gasteiger partial charge in [0.15, 0.2) is 0 Å². The molecule has 0 bridgehead atoms. The van der Waals surface area contributed by atoms with Crippen LogP contribution in [0.4, 0.5) is 11.4 Å². The summed E-state index contributed by atoms with van der Waals surface area (Å²) in [4.78, 5) is 26.5. The fourth-order valence-electron chi connectivity index (χ4n) is 3.23. The quantitative estimate of drug-likeness (QED) is 0.728. The summed E-state index contributed by atoms with van der Waals surface area (Å²) in [6.07, 6.45) is 1.18. The van der Waals surface area contributed by atoms with Crippen molar-refractivity contribution in [3.63, 3.8) is 0 Å². The van der Waals surface area contributed by atoms with Crippen LogP contribution in [0, 0.1) is 6.92 Å². The van der Waals surface area contributed by atoms with Gasteiger partial charge in [0.2, 0.25) is 15.9 Å². The summed E-state index contributed by atoms with van der Waals surface area (Å²) in [5.41, 5.74) is 2.90. The zero-order valence-corrected chi connectivity index (χ0v) is 17.9. The third kappa shape index (κ3) is 5.58. The summed E-state index contributed by atoms with van der Waals surface area (Å²) >= 11 is 0. The Balaban J connectivity index is 1.57. The van der Waals surface area contributed by atoms with Gasteiger partial charge < -0.3 is 15.5 Å². The van der Waals surface area contributed by atoms with E-state index in [0.29, 0.717) is 37.4 Å². The Morgan fingerprint density at radius 1 is 1.00 bits per heavy atom. The van der Waals surface area contributed by atoms with Crippen molar-refractivity contribution in [1.29, 1.82) is 0 Å². The van der Waals surface area contributed by atoms with E-state index in [4.69, 9.17) is 0 Å². The van der Waals surface area contributed by atoms with Gasteiger partial charge in [-0.25, -0.2) is 8.42 Å². The van der Waals surface area contributed by atoms with Gasteiger partial charge in [-0.15, -0.1) is 0 Å². The van der Waals surface area contributed by atoms with Gasteiger partial charge in [-0.1, -0.05) is 24.3 Å². The molecule has 0 radical (unpaired) electrons. The molecule has 1 fully saturated rings. The molecule has 0 saturated carbocycles. The highest BCUT2D eigenvalue weighted by molar-refractivity contribution is 7.88. The summed E-state index contributed by atoms with van der Waals surface area (Å²) in [5.74, 6) is -0.300. The molecule has 0 unspecified atom stereocenters. The number of nitrogens with one attached hydrogen (secondary N) is 2. The van der Waals surface area contributed by atoms with Crippen LogP contribution in [-0.4, -0.2) is 68.4 Å². The molecule has 160 valence electrons. The first-order valence-corrected chi connectivity index (χ1v) is 11.5. The standard InChI is InChI=1S/C21H26N4O4S/c1-16-8-9-18(23-21(27)17-6-4-3-5-7-17)14-19(16)22-15-20(26)24-10-12-25(13-11-24)30(2,28)29/h3-9,14,22H,10-13,15H2,1-2H3,(H,23,27). The highest BCUT2D eigenvalue weighted by Gasteiger charge is 2.25. The predicted octanol–water partition coefficient (Wildman–Crippen LogP) is 1.76. The van der Waals surface area contributed by atoms with Crippen molar-refractivity contribution in [1.82, 2.24) is 9.21 Å². The van der Waals surface area contributed by atoms with Crippen LogP contribution in [0.1, 0.15) is 15.9 Å². The predicted molar refractivity (Wildman–Crippen MR) is 117 cm³/mol. The van der Waals surface area contributed by atoms with Crippen molar-refractivity contribution in [2.24, 2.45) is 0 Å². The van der Waals surface area contributed by atoms with Gasteiger partial charge in [0.25, 0.3) is 5.91 Å². The monoisotopic (exact) mass is 430 g/mol. The van der Waals surface area contributed by atoms with E-state index < -0.39 is 10.0 Å². The Kier molecular flexibility index (Phi) is 6.73. The van der Waals surface area contributed by atoms with Crippen molar-refractivity contribution in [2.45, 2.75) is 6.92 Å². The van der Waals surface area contributed by atoms with E-state index in [-0.39, 0.29) is 18.4 Å². The zero-order chi connectivity index (χ0) is 21.7. The van der Waals surface area contributed by atoms with Gasteiger partial charge in [0.1, 0.15) is 0 Å². The molecule has 9 heteroatoms. The first kappa shape index (κ1) is 21.8. The number of rotatable bonds is 6. The Morgan fingerprint density at radius 2 is 1.67 bits per heavy atom. The largest absolute Gasteiger partial charge is 0.376 e. The molecule has 1 aliphatic rings. The van der Waals surface area contributed by atoms with E-state index in [1.165, 1.54) is 10.6 Å². The van der Waals surface area contributed by atoms with Crippen molar-refractivity contribution in [3.8, 4) is 0 Å². The molecular formula is C21H26N4O4S. The Labute approximate surface area is 176 Å². The molecule has 2 N–H and O–H groups in total. The van der Waals surface area contributed by atoms with Crippen LogP contribution < -0.4 is 10.6 Å². The molecule has 1 aliphatic heterocycles. The molecule has 30 heavy (non-hydrogen) atoms. The summed E-state index contributed by atoms with van der Waals surface area (Å²) in [5, 5.41) is 5.99. The fraction of sp³-hybridized carbons (Fsp3) is 0.333. The van der Waals surface area contributed by atoms with Gasteiger partial charge in [-0.05, 0) is 36.8 Å². The lowest BCUT2D eigenvalue weighted by molar-refractivity contribution is -0.130. The second kappa shape index (κ2) is 9.27. The molecule has 1 heterocycles. The average molecular weight is 431 g/mol. The lowest BCUT2D eigenvalue weighted by atomic mass is 10.1. The van der Waals surface area contributed by atoms with Gasteiger partial charge in [0.05, 0.1) is 12.8 Å². The third-order valence-corrected chi connectivity index (χ3v) is 6.33. The van der Waals surface area contributed by atoms with E-state index in [9.17, 15) is 18.0 Å². The maximum absolute atomic E-state index is 12.5. The van der Waals surface area contributed by atoms with Crippen LogP contribution in [0.15, 0.2) is 48.5 Å². The Morgan fingerprint density at radius 3 is 2.30 bits per heavy atom. The molecule has 0 atom stereocenters. The maximum atomic E-state index is 12.5. The number of carbonyl (C=O) groups is 2. The third-order valence-electron chi connectivity index (χ3n) is 5.02. The topological polar surface area (TPSA) is 98.8 Å². The van der Waals surface area contributed by atoms with Crippen LogP contribution in [0.3, 0.4) is 0 Å². The van der Waals surface area contributed by atoms with Crippen molar-refractivity contribution < 1.29 is 18.0 Å². The van der Waals surface area contributed by atoms with Crippen molar-refractivity contribution >= 4 is 33.2 Å². The summed E-state index contributed by atoms with van der Waals surface area (Å²) in [7, 11) is -3.23. The molecule has 2 amide bonds. The lowest BCUT2D eigenvalue weighted by Gasteiger charge is -2.33. The van der Waals surface area contributed by atoms with Crippen LogP contribution in [0.25, 0.3) is 0 Å². The molecule has 0 aromatic heterocycles. The van der Waals surface area contributed by atoms with Crippen molar-refractivity contribution in [3.05, 3.63) is 59.7 Å². The normalized spacial score (nSPS) is 14.9. The minimum atomic E-state index is -3.23. The number of amides is 2. The van der Waals surface area contributed by atoms with Gasteiger partial charge >= 0.3 is 0 Å². The van der Waals surface area contributed by atoms with Crippen LogP contribution in [-0.2, 0) is 14.8 Å². The summed E-state index contributed by atoms with van der Waals surface area (Å²) in [6, 6.07) is 14.4. The van der Waals surface area contributed by atoms with E-state index in [0.717, 1.165) is 11.3 Å². The first-order chi connectivity index (χ1) is 14.2. The van der Waals surface area contributed by atoms with Crippen LogP contribution in [0.5, 0.6) is 0 Å². The second-order valence-electron chi connectivity index (χ2n) is 7.25. The summed E-state index contributed by atoms with van der Waals surface area (Å²) < 4.78 is 24.6. The number of nitrogens with zero attached hydrogens (tertiary/aromatic N) is 2. The van der Waals surface area contributed by atoms with E-state index >= 15 is 0 Å². The number of aryl methyl sites for hydroxylation is 1. The number of carbonyl (C=O) groups excluding carboxylic acids is 2. The van der Waals surface area contributed by atoms with E-state index in [2.05, 4.69) is 10.6 Å². The highest BCUT2D eigenvalue weighted by Crippen LogP contribution is 2.21. The van der Waals surface area contributed by atoms with Crippen LogP contribution in [0.2, 0.25) is 0 Å². The first-order valence-electron chi connectivity index (χ1n) is 9.68. The molecule has 0 spiro atoms. The number of hydrogen-bond acceptors (Lipinski definition) is 5. The molecule has 1 saturated heterocycles. The van der Waals surface area contributed by atoms with Gasteiger partial charge in [0, 0.05) is 43.1 Å². The van der Waals surface area contributed by atoms with Gasteiger partial charge in [-0.2, -0.15) is 4.31 Å². The zero-order valence-electron chi connectivity index (χ0n) is 17.1. The lowest BCUT2D eigenvalue weighted by Crippen LogP contribution is -2.51. The second-order valence-corrected chi connectivity index (χ2v) is 9.23. The Bertz CT molecular complexity index is 1020. The smallest absolute Gasteiger partial charge is 0.255 e. The number of benzene rings is 2. The molecule has 2 aromatic rings. The fourth-order valence-corrected chi connectivity index (χ4v) is 4.06. The molecule has 2 aromatic carbocycles. The van der Waals surface area contributed by atoms with Crippen LogP contribution >= 0.6 is 0 Å². The molecule has 8 nitrogen and oxygen atoms in total. The number of hydrogen-bond donors (Lipinski definition) is 2. The maximum Gasteiger partial charge on any atom is 0.255 e. The molecular weight excluding hydrogens is 404 g/mol. The highest BCUT2D eigenvalue weighted by atomic mass is 32.2. The SMILES string of the molecule is Cc1ccc(NC(=O)c2ccccc2)cc1NCC(=O)N1CCN(S(C)(=O)=O)CC1. The number of piperazine rings is 1. The summed E-state index contributed by atoms with van der Waals surface area (Å²) in [6.45, 7) is 3.38. The number of anilines is 2. The average Bonchev–Trinajstić information content (AvgIpc) is 2.74. The van der Waals surface area contributed by atoms with Gasteiger partial charge in [-0.3, -0.25) is 9.59 Å². The molecule has 3 rings (SSSR count). The van der Waals surface area contributed by atoms with E-state index in [1.807, 2.05) is 25.1 Å². The van der Waals surface area contributed by atoms with Crippen molar-refractivity contribution in [2.75, 3.05) is 49.6 Å². The minimum Gasteiger partial charge on any atom is -0.376 e. The number of sulfonamides is 1.